The molecule has 0 radical (unpaired) electrons. The minimum absolute atomic E-state index is 0.316. The van der Waals surface area contributed by atoms with Crippen molar-refractivity contribution in [1.82, 2.24) is 4.90 Å². The number of hydrogen-bond donors (Lipinski definition) is 1. The molecule has 1 heterocycles. The first-order chi connectivity index (χ1) is 9.03. The summed E-state index contributed by atoms with van der Waals surface area (Å²) in [6.07, 6.45) is 1.97. The summed E-state index contributed by atoms with van der Waals surface area (Å²) in [5.74, 6) is -1.99. The van der Waals surface area contributed by atoms with Gasteiger partial charge in [-0.2, -0.15) is 0 Å². The van der Waals surface area contributed by atoms with Crippen molar-refractivity contribution >= 4 is 17.8 Å². The van der Waals surface area contributed by atoms with Crippen molar-refractivity contribution in [3.8, 4) is 0 Å². The highest BCUT2D eigenvalue weighted by Gasteiger charge is 2.83. The Morgan fingerprint density at radius 3 is 2.00 bits per heavy atom. The lowest BCUT2D eigenvalue weighted by Crippen LogP contribution is -2.49. The van der Waals surface area contributed by atoms with E-state index in [2.05, 4.69) is 0 Å². The summed E-state index contributed by atoms with van der Waals surface area (Å²) in [5, 5.41) is 9.51. The SMILES string of the molecule is O=C1c2ccccc2C(=O)N1C1(C(=O)O)CC12CC2. The van der Waals surface area contributed by atoms with E-state index in [9.17, 15) is 19.5 Å². The van der Waals surface area contributed by atoms with E-state index in [4.69, 9.17) is 0 Å². The quantitative estimate of drug-likeness (QED) is 0.810. The third-order valence-electron chi connectivity index (χ3n) is 4.73. The Bertz CT molecular complexity index is 626. The lowest BCUT2D eigenvalue weighted by Gasteiger charge is -2.23. The third kappa shape index (κ3) is 1.01. The first-order valence-corrected chi connectivity index (χ1v) is 6.25. The van der Waals surface area contributed by atoms with Crippen molar-refractivity contribution in [2.75, 3.05) is 0 Å². The molecule has 0 saturated heterocycles. The number of hydrogen-bond acceptors (Lipinski definition) is 3. The largest absolute Gasteiger partial charge is 0.479 e. The molecule has 1 N–H and O–H groups in total. The molecule has 2 aliphatic carbocycles. The van der Waals surface area contributed by atoms with Gasteiger partial charge in [0.15, 0.2) is 5.54 Å². The molecule has 3 aliphatic rings. The van der Waals surface area contributed by atoms with E-state index in [0.717, 1.165) is 17.7 Å². The molecule has 5 nitrogen and oxygen atoms in total. The average molecular weight is 257 g/mol. The van der Waals surface area contributed by atoms with Crippen LogP contribution in [0.25, 0.3) is 0 Å². The van der Waals surface area contributed by atoms with E-state index in [0.29, 0.717) is 17.5 Å². The van der Waals surface area contributed by atoms with E-state index in [-0.39, 0.29) is 5.41 Å². The fraction of sp³-hybridized carbons (Fsp3) is 0.357. The number of carbonyl (C=O) groups is 3. The summed E-state index contributed by atoms with van der Waals surface area (Å²) < 4.78 is 0. The predicted octanol–water partition coefficient (Wildman–Crippen LogP) is 1.29. The number of amides is 2. The van der Waals surface area contributed by atoms with Gasteiger partial charge in [-0.3, -0.25) is 14.5 Å². The summed E-state index contributed by atoms with van der Waals surface area (Å²) >= 11 is 0. The van der Waals surface area contributed by atoms with Crippen molar-refractivity contribution < 1.29 is 19.5 Å². The molecule has 0 bridgehead atoms. The van der Waals surface area contributed by atoms with Crippen LogP contribution >= 0.6 is 0 Å². The molecular formula is C14H11NO4. The topological polar surface area (TPSA) is 74.7 Å². The van der Waals surface area contributed by atoms with Crippen LogP contribution in [0.1, 0.15) is 40.0 Å². The van der Waals surface area contributed by atoms with Gasteiger partial charge in [-0.25, -0.2) is 4.79 Å². The van der Waals surface area contributed by atoms with Crippen LogP contribution in [0.4, 0.5) is 0 Å². The zero-order chi connectivity index (χ0) is 13.4. The number of aliphatic carboxylic acids is 1. The zero-order valence-electron chi connectivity index (χ0n) is 10.0. The van der Waals surface area contributed by atoms with E-state index in [1.54, 1.807) is 24.3 Å². The molecule has 5 heteroatoms. The van der Waals surface area contributed by atoms with E-state index >= 15 is 0 Å². The van der Waals surface area contributed by atoms with Crippen molar-refractivity contribution in [2.45, 2.75) is 24.8 Å². The highest BCUT2D eigenvalue weighted by atomic mass is 16.4. The summed E-state index contributed by atoms with van der Waals surface area (Å²) in [5.41, 5.74) is -1.00. The van der Waals surface area contributed by atoms with Crippen molar-refractivity contribution in [1.29, 1.82) is 0 Å². The second-order valence-corrected chi connectivity index (χ2v) is 5.61. The molecule has 1 unspecified atom stereocenters. The second-order valence-electron chi connectivity index (χ2n) is 5.61. The molecule has 2 saturated carbocycles. The fourth-order valence-electron chi connectivity index (χ4n) is 3.44. The molecule has 2 amide bonds. The number of carbonyl (C=O) groups excluding carboxylic acids is 2. The Balaban J connectivity index is 1.85. The fourth-order valence-corrected chi connectivity index (χ4v) is 3.44. The van der Waals surface area contributed by atoms with Gasteiger partial charge < -0.3 is 5.11 Å². The number of imide groups is 1. The summed E-state index contributed by atoms with van der Waals surface area (Å²) in [4.78, 5) is 37.3. The standard InChI is InChI=1S/C14H11NO4/c16-10-8-3-1-2-4-9(8)11(17)15(10)14(12(18)19)7-13(14)5-6-13/h1-4H,5-7H2,(H,18,19). The number of fused-ring (bicyclic) bond motifs is 1. The van der Waals surface area contributed by atoms with Gasteiger partial charge in [-0.15, -0.1) is 0 Å². The van der Waals surface area contributed by atoms with E-state index < -0.39 is 23.3 Å². The molecule has 19 heavy (non-hydrogen) atoms. The Morgan fingerprint density at radius 1 is 1.11 bits per heavy atom. The normalized spacial score (nSPS) is 29.6. The van der Waals surface area contributed by atoms with Crippen LogP contribution in [-0.4, -0.2) is 33.3 Å². The van der Waals surface area contributed by atoms with Crippen LogP contribution in [0, 0.1) is 5.41 Å². The van der Waals surface area contributed by atoms with Crippen LogP contribution in [0.3, 0.4) is 0 Å². The summed E-state index contributed by atoms with van der Waals surface area (Å²) in [7, 11) is 0. The van der Waals surface area contributed by atoms with Crippen LogP contribution < -0.4 is 0 Å². The maximum Gasteiger partial charge on any atom is 0.330 e. The van der Waals surface area contributed by atoms with Crippen LogP contribution in [0.5, 0.6) is 0 Å². The first kappa shape index (κ1) is 10.7. The Morgan fingerprint density at radius 2 is 1.63 bits per heavy atom. The minimum Gasteiger partial charge on any atom is -0.479 e. The van der Waals surface area contributed by atoms with E-state index in [1.165, 1.54) is 0 Å². The van der Waals surface area contributed by atoms with Gasteiger partial charge in [0.25, 0.3) is 11.8 Å². The van der Waals surface area contributed by atoms with Crippen LogP contribution in [0.2, 0.25) is 0 Å². The highest BCUT2D eigenvalue weighted by Crippen LogP contribution is 2.76. The molecule has 2 fully saturated rings. The van der Waals surface area contributed by atoms with Gasteiger partial charge >= 0.3 is 5.97 Å². The molecule has 1 spiro atoms. The average Bonchev–Trinajstić information content (AvgIpc) is 3.28. The molecule has 96 valence electrons. The van der Waals surface area contributed by atoms with Gasteiger partial charge in [0.1, 0.15) is 0 Å². The van der Waals surface area contributed by atoms with E-state index in [1.807, 2.05) is 0 Å². The van der Waals surface area contributed by atoms with Crippen molar-refractivity contribution in [2.24, 2.45) is 5.41 Å². The lowest BCUT2D eigenvalue weighted by atomic mass is 10.1. The molecule has 0 aromatic heterocycles. The second kappa shape index (κ2) is 2.87. The van der Waals surface area contributed by atoms with Gasteiger partial charge in [0.2, 0.25) is 0 Å². The minimum atomic E-state index is -1.29. The maximum atomic E-state index is 12.4. The molecule has 1 aliphatic heterocycles. The number of nitrogens with zero attached hydrogens (tertiary/aromatic N) is 1. The van der Waals surface area contributed by atoms with Gasteiger partial charge in [0.05, 0.1) is 11.1 Å². The Labute approximate surface area is 108 Å². The number of carboxylic acid groups (broad SMARTS) is 1. The molecule has 4 rings (SSSR count). The van der Waals surface area contributed by atoms with Crippen LogP contribution in [-0.2, 0) is 4.79 Å². The van der Waals surface area contributed by atoms with Gasteiger partial charge in [0, 0.05) is 5.41 Å². The third-order valence-corrected chi connectivity index (χ3v) is 4.73. The summed E-state index contributed by atoms with van der Waals surface area (Å²) in [6, 6.07) is 6.52. The van der Waals surface area contributed by atoms with Crippen molar-refractivity contribution in [3.05, 3.63) is 35.4 Å². The molecule has 1 aromatic rings. The number of benzene rings is 1. The summed E-state index contributed by atoms with van der Waals surface area (Å²) in [6.45, 7) is 0. The Kier molecular flexibility index (Phi) is 1.62. The van der Waals surface area contributed by atoms with Crippen molar-refractivity contribution in [3.63, 3.8) is 0 Å². The van der Waals surface area contributed by atoms with Gasteiger partial charge in [-0.05, 0) is 31.4 Å². The highest BCUT2D eigenvalue weighted by molar-refractivity contribution is 6.24. The number of rotatable bonds is 2. The smallest absolute Gasteiger partial charge is 0.330 e. The Hall–Kier alpha value is -2.17. The lowest BCUT2D eigenvalue weighted by molar-refractivity contribution is -0.144. The molecular weight excluding hydrogens is 246 g/mol. The maximum absolute atomic E-state index is 12.4. The zero-order valence-corrected chi connectivity index (χ0v) is 10.0. The molecule has 1 atom stereocenters. The molecule has 1 aromatic carbocycles. The predicted molar refractivity (Wildman–Crippen MR) is 63.6 cm³/mol. The first-order valence-electron chi connectivity index (χ1n) is 6.25. The van der Waals surface area contributed by atoms with Crippen LogP contribution in [0.15, 0.2) is 24.3 Å². The monoisotopic (exact) mass is 257 g/mol. The number of carboxylic acids is 1. The van der Waals surface area contributed by atoms with Gasteiger partial charge in [-0.1, -0.05) is 12.1 Å².